The number of carbonyl (C=O) groups excluding carboxylic acids is 1. The van der Waals surface area contributed by atoms with Crippen molar-refractivity contribution in [2.75, 3.05) is 6.54 Å². The third kappa shape index (κ3) is 6.15. The van der Waals surface area contributed by atoms with Gasteiger partial charge in [0.05, 0.1) is 5.01 Å². The average molecular weight is 405 g/mol. The van der Waals surface area contributed by atoms with Crippen LogP contribution < -0.4 is 5.32 Å². The maximum Gasteiger partial charge on any atom is 0.226 e. The molecule has 3 aromatic rings. The minimum Gasteiger partial charge on any atom is -0.356 e. The molecule has 1 N–H and O–H groups in total. The number of halogens is 1. The maximum atomic E-state index is 11.9. The predicted octanol–water partition coefficient (Wildman–Crippen LogP) is 4.23. The third-order valence-corrected chi connectivity index (χ3v) is 5.20. The summed E-state index contributed by atoms with van der Waals surface area (Å²) in [6, 6.07) is 7.26. The van der Waals surface area contributed by atoms with E-state index in [4.69, 9.17) is 16.1 Å². The molecule has 0 saturated heterocycles. The molecule has 0 spiro atoms. The second-order valence-electron chi connectivity index (χ2n) is 6.21. The summed E-state index contributed by atoms with van der Waals surface area (Å²) < 4.78 is 5.25. The molecule has 0 saturated carbocycles. The van der Waals surface area contributed by atoms with E-state index in [1.54, 1.807) is 23.5 Å². The summed E-state index contributed by atoms with van der Waals surface area (Å²) in [6.07, 6.45) is 3.47. The van der Waals surface area contributed by atoms with Crippen LogP contribution in [0.15, 0.2) is 34.2 Å². The average Bonchev–Trinajstić information content (AvgIpc) is 3.29. The van der Waals surface area contributed by atoms with Gasteiger partial charge in [-0.15, -0.1) is 11.3 Å². The Morgan fingerprint density at radius 3 is 2.74 bits per heavy atom. The second-order valence-corrected chi connectivity index (χ2v) is 7.59. The van der Waals surface area contributed by atoms with Crippen molar-refractivity contribution in [3.05, 3.63) is 51.3 Å². The molecule has 1 amide bonds. The van der Waals surface area contributed by atoms with Gasteiger partial charge in [-0.25, -0.2) is 4.98 Å². The van der Waals surface area contributed by atoms with Gasteiger partial charge in [-0.1, -0.05) is 16.8 Å². The lowest BCUT2D eigenvalue weighted by molar-refractivity contribution is -0.121. The number of aromatic nitrogens is 3. The van der Waals surface area contributed by atoms with Crippen molar-refractivity contribution in [2.45, 2.75) is 39.0 Å². The van der Waals surface area contributed by atoms with Crippen LogP contribution in [0.2, 0.25) is 5.02 Å². The lowest BCUT2D eigenvalue weighted by atomic mass is 10.2. The van der Waals surface area contributed by atoms with Crippen molar-refractivity contribution < 1.29 is 9.32 Å². The molecule has 1 aromatic carbocycles. The molecule has 0 atom stereocenters. The molecule has 0 fully saturated rings. The van der Waals surface area contributed by atoms with E-state index in [0.717, 1.165) is 29.1 Å². The monoisotopic (exact) mass is 404 g/mol. The van der Waals surface area contributed by atoms with Crippen LogP contribution in [0.1, 0.15) is 35.9 Å². The van der Waals surface area contributed by atoms with Gasteiger partial charge in [0, 0.05) is 47.5 Å². The van der Waals surface area contributed by atoms with Gasteiger partial charge in [-0.3, -0.25) is 4.79 Å². The molecule has 6 nitrogen and oxygen atoms in total. The highest BCUT2D eigenvalue weighted by molar-refractivity contribution is 7.09. The summed E-state index contributed by atoms with van der Waals surface area (Å²) >= 11 is 7.54. The van der Waals surface area contributed by atoms with E-state index in [9.17, 15) is 4.79 Å². The first-order chi connectivity index (χ1) is 13.1. The second kappa shape index (κ2) is 9.62. The van der Waals surface area contributed by atoms with Gasteiger partial charge in [-0.05, 0) is 44.0 Å². The molecule has 0 bridgehead atoms. The minimum absolute atomic E-state index is 0.0442. The molecule has 0 aliphatic rings. The summed E-state index contributed by atoms with van der Waals surface area (Å²) in [5, 5.41) is 10.7. The summed E-state index contributed by atoms with van der Waals surface area (Å²) in [7, 11) is 0. The number of nitrogens with zero attached hydrogens (tertiary/aromatic N) is 3. The first-order valence-electron chi connectivity index (χ1n) is 8.86. The SMILES string of the molecule is Cc1csc(CCCNC(=O)CCCc2nc(-c3ccc(Cl)cc3)no2)n1. The normalized spacial score (nSPS) is 10.9. The zero-order valence-electron chi connectivity index (χ0n) is 15.1. The van der Waals surface area contributed by atoms with Gasteiger partial charge in [-0.2, -0.15) is 4.98 Å². The van der Waals surface area contributed by atoms with Crippen molar-refractivity contribution in [1.29, 1.82) is 0 Å². The van der Waals surface area contributed by atoms with Crippen LogP contribution in [0, 0.1) is 6.92 Å². The number of hydrogen-bond donors (Lipinski definition) is 1. The van der Waals surface area contributed by atoms with Crippen LogP contribution in [0.4, 0.5) is 0 Å². The number of amides is 1. The Hall–Kier alpha value is -2.25. The lowest BCUT2D eigenvalue weighted by Crippen LogP contribution is -2.24. The van der Waals surface area contributed by atoms with Gasteiger partial charge >= 0.3 is 0 Å². The Labute approximate surface area is 167 Å². The van der Waals surface area contributed by atoms with Gasteiger partial charge in [0.1, 0.15) is 0 Å². The van der Waals surface area contributed by atoms with Crippen LogP contribution >= 0.6 is 22.9 Å². The number of hydrogen-bond acceptors (Lipinski definition) is 6. The number of nitrogens with one attached hydrogen (secondary N) is 1. The summed E-state index contributed by atoms with van der Waals surface area (Å²) in [5.74, 6) is 1.11. The highest BCUT2D eigenvalue weighted by Crippen LogP contribution is 2.19. The van der Waals surface area contributed by atoms with Gasteiger partial charge in [0.15, 0.2) is 0 Å². The molecule has 2 aromatic heterocycles. The van der Waals surface area contributed by atoms with Crippen molar-refractivity contribution in [2.24, 2.45) is 0 Å². The molecule has 0 unspecified atom stereocenters. The standard InChI is InChI=1S/C19H21ClN4O2S/c1-13-12-27-18(22-13)6-3-11-21-16(25)4-2-5-17-23-19(24-26-17)14-7-9-15(20)10-8-14/h7-10,12H,2-6,11H2,1H3,(H,21,25). The fraction of sp³-hybridized carbons (Fsp3) is 0.368. The molecule has 142 valence electrons. The molecule has 8 heteroatoms. The first-order valence-corrected chi connectivity index (χ1v) is 10.1. The van der Waals surface area contributed by atoms with Gasteiger partial charge in [0.25, 0.3) is 0 Å². The zero-order chi connectivity index (χ0) is 19.1. The molecule has 2 heterocycles. The fourth-order valence-electron chi connectivity index (χ4n) is 2.55. The third-order valence-electron chi connectivity index (χ3n) is 3.92. The van der Waals surface area contributed by atoms with E-state index in [2.05, 4.69) is 20.4 Å². The largest absolute Gasteiger partial charge is 0.356 e. The number of aryl methyl sites for hydroxylation is 3. The van der Waals surface area contributed by atoms with Crippen LogP contribution in [-0.4, -0.2) is 27.6 Å². The van der Waals surface area contributed by atoms with Crippen molar-refractivity contribution >= 4 is 28.8 Å². The smallest absolute Gasteiger partial charge is 0.226 e. The van der Waals surface area contributed by atoms with E-state index in [1.165, 1.54) is 0 Å². The number of carbonyl (C=O) groups is 1. The first kappa shape index (κ1) is 19.5. The summed E-state index contributed by atoms with van der Waals surface area (Å²) in [5.41, 5.74) is 1.90. The van der Waals surface area contributed by atoms with E-state index in [1.807, 2.05) is 24.4 Å². The highest BCUT2D eigenvalue weighted by atomic mass is 35.5. The van der Waals surface area contributed by atoms with E-state index < -0.39 is 0 Å². The van der Waals surface area contributed by atoms with Crippen molar-refractivity contribution in [3.63, 3.8) is 0 Å². The molecular weight excluding hydrogens is 384 g/mol. The van der Waals surface area contributed by atoms with E-state index in [0.29, 0.717) is 42.5 Å². The van der Waals surface area contributed by atoms with Gasteiger partial charge < -0.3 is 9.84 Å². The topological polar surface area (TPSA) is 80.9 Å². The van der Waals surface area contributed by atoms with Crippen LogP contribution in [0.3, 0.4) is 0 Å². The van der Waals surface area contributed by atoms with E-state index in [-0.39, 0.29) is 5.91 Å². The molecule has 27 heavy (non-hydrogen) atoms. The molecule has 0 aliphatic carbocycles. The zero-order valence-corrected chi connectivity index (χ0v) is 16.6. The Balaban J connectivity index is 1.33. The molecule has 3 rings (SSSR count). The number of rotatable bonds is 9. The minimum atomic E-state index is 0.0442. The lowest BCUT2D eigenvalue weighted by Gasteiger charge is -2.03. The Bertz CT molecular complexity index is 876. The Kier molecular flexibility index (Phi) is 6.95. The number of benzene rings is 1. The van der Waals surface area contributed by atoms with E-state index >= 15 is 0 Å². The summed E-state index contributed by atoms with van der Waals surface area (Å²) in [6.45, 7) is 2.66. The van der Waals surface area contributed by atoms with Crippen LogP contribution in [-0.2, 0) is 17.6 Å². The van der Waals surface area contributed by atoms with Crippen LogP contribution in [0.25, 0.3) is 11.4 Å². The molecular formula is C19H21ClN4O2S. The quantitative estimate of drug-likeness (QED) is 0.540. The maximum absolute atomic E-state index is 11.9. The van der Waals surface area contributed by atoms with Crippen molar-refractivity contribution in [3.8, 4) is 11.4 Å². The van der Waals surface area contributed by atoms with Crippen LogP contribution in [0.5, 0.6) is 0 Å². The Morgan fingerprint density at radius 1 is 1.19 bits per heavy atom. The Morgan fingerprint density at radius 2 is 2.00 bits per heavy atom. The fourth-order valence-corrected chi connectivity index (χ4v) is 3.49. The highest BCUT2D eigenvalue weighted by Gasteiger charge is 2.09. The molecule has 0 radical (unpaired) electrons. The molecule has 0 aliphatic heterocycles. The summed E-state index contributed by atoms with van der Waals surface area (Å²) in [4.78, 5) is 20.7. The van der Waals surface area contributed by atoms with Gasteiger partial charge in [0.2, 0.25) is 17.6 Å². The predicted molar refractivity (Wildman–Crippen MR) is 106 cm³/mol. The van der Waals surface area contributed by atoms with Crippen molar-refractivity contribution in [1.82, 2.24) is 20.4 Å². The number of thiazole rings is 1.